The molecule has 0 bridgehead atoms. The molecule has 1 aromatic carbocycles. The topological polar surface area (TPSA) is 40.5 Å². The summed E-state index contributed by atoms with van der Waals surface area (Å²) in [5.41, 5.74) is 1.08. The molecule has 1 aliphatic heterocycles. The number of aliphatic hydroxyl groups excluding tert-OH is 1. The van der Waals surface area contributed by atoms with Gasteiger partial charge in [-0.1, -0.05) is 36.2 Å². The third-order valence-electron chi connectivity index (χ3n) is 5.62. The van der Waals surface area contributed by atoms with Gasteiger partial charge in [0.15, 0.2) is 0 Å². The van der Waals surface area contributed by atoms with E-state index < -0.39 is 0 Å². The molecule has 5 heteroatoms. The van der Waals surface area contributed by atoms with Crippen molar-refractivity contribution in [2.75, 3.05) is 6.54 Å². The third-order valence-corrected chi connectivity index (χ3v) is 6.18. The summed E-state index contributed by atoms with van der Waals surface area (Å²) >= 11 is 12.3. The highest BCUT2D eigenvalue weighted by molar-refractivity contribution is 6.35. The van der Waals surface area contributed by atoms with Gasteiger partial charge in [0.05, 0.1) is 6.10 Å². The van der Waals surface area contributed by atoms with Crippen LogP contribution in [0.1, 0.15) is 56.9 Å². The number of carbonyl (C=O) groups is 1. The summed E-state index contributed by atoms with van der Waals surface area (Å²) in [5, 5.41) is 11.8. The summed E-state index contributed by atoms with van der Waals surface area (Å²) in [6, 6.07) is 5.91. The zero-order valence-corrected chi connectivity index (χ0v) is 15.6. The Morgan fingerprint density at radius 1 is 1.33 bits per heavy atom. The van der Waals surface area contributed by atoms with E-state index in [1.54, 1.807) is 6.07 Å². The largest absolute Gasteiger partial charge is 0.393 e. The number of rotatable bonds is 4. The number of benzene rings is 1. The van der Waals surface area contributed by atoms with Gasteiger partial charge in [-0.25, -0.2) is 0 Å². The molecule has 2 aliphatic rings. The monoisotopic (exact) mass is 369 g/mol. The van der Waals surface area contributed by atoms with Gasteiger partial charge in [0.2, 0.25) is 5.91 Å². The number of aliphatic hydroxyl groups is 1. The van der Waals surface area contributed by atoms with E-state index in [0.717, 1.165) is 44.2 Å². The van der Waals surface area contributed by atoms with Crippen LogP contribution in [-0.4, -0.2) is 34.6 Å². The SMILES string of the molecule is CC(CC1CC(N2CCCC2=O)CCC1O)c1ccc(Cl)cc1Cl. The molecule has 1 saturated heterocycles. The Morgan fingerprint density at radius 2 is 2.12 bits per heavy atom. The fraction of sp³-hybridized carbons (Fsp3) is 0.632. The van der Waals surface area contributed by atoms with E-state index in [0.29, 0.717) is 22.5 Å². The maximum atomic E-state index is 12.0. The minimum atomic E-state index is -0.285. The molecule has 1 heterocycles. The number of likely N-dealkylation sites (tertiary alicyclic amines) is 1. The molecule has 2 fully saturated rings. The summed E-state index contributed by atoms with van der Waals surface area (Å²) < 4.78 is 0. The molecule has 1 saturated carbocycles. The molecule has 0 aromatic heterocycles. The molecule has 3 nitrogen and oxygen atoms in total. The molecule has 4 atom stereocenters. The van der Waals surface area contributed by atoms with Gasteiger partial charge in [-0.2, -0.15) is 0 Å². The van der Waals surface area contributed by atoms with Crippen molar-refractivity contribution in [2.24, 2.45) is 5.92 Å². The number of hydrogen-bond acceptors (Lipinski definition) is 2. The summed E-state index contributed by atoms with van der Waals surface area (Å²) in [7, 11) is 0. The van der Waals surface area contributed by atoms with Gasteiger partial charge in [0.1, 0.15) is 0 Å². The first-order valence-electron chi connectivity index (χ1n) is 8.88. The Morgan fingerprint density at radius 3 is 2.79 bits per heavy atom. The van der Waals surface area contributed by atoms with Crippen LogP contribution in [0.4, 0.5) is 0 Å². The standard InChI is InChI=1S/C19H25Cl2NO2/c1-12(16-6-4-14(20)11-17(16)21)9-13-10-15(5-7-18(13)23)22-8-2-3-19(22)24/h4,6,11-13,15,18,23H,2-3,5,7-10H2,1H3. The van der Waals surface area contributed by atoms with E-state index in [9.17, 15) is 9.90 Å². The van der Waals surface area contributed by atoms with Crippen molar-refractivity contribution in [3.05, 3.63) is 33.8 Å². The van der Waals surface area contributed by atoms with Gasteiger partial charge in [0, 0.05) is 29.1 Å². The van der Waals surface area contributed by atoms with Crippen LogP contribution in [0, 0.1) is 5.92 Å². The van der Waals surface area contributed by atoms with E-state index in [-0.39, 0.29) is 23.8 Å². The lowest BCUT2D eigenvalue weighted by Gasteiger charge is -2.39. The average molecular weight is 370 g/mol. The van der Waals surface area contributed by atoms with Crippen LogP contribution in [0.2, 0.25) is 10.0 Å². The van der Waals surface area contributed by atoms with Crippen molar-refractivity contribution in [3.63, 3.8) is 0 Å². The maximum Gasteiger partial charge on any atom is 0.222 e. The predicted octanol–water partition coefficient (Wildman–Crippen LogP) is 4.64. The Labute approximate surface area is 153 Å². The van der Waals surface area contributed by atoms with Gasteiger partial charge in [0.25, 0.3) is 0 Å². The van der Waals surface area contributed by atoms with Gasteiger partial charge in [-0.05, 0) is 61.6 Å². The molecule has 1 N–H and O–H groups in total. The van der Waals surface area contributed by atoms with E-state index in [4.69, 9.17) is 23.2 Å². The van der Waals surface area contributed by atoms with E-state index in [1.807, 2.05) is 17.0 Å². The molecule has 1 amide bonds. The highest BCUT2D eigenvalue weighted by Crippen LogP contribution is 2.38. The molecule has 0 spiro atoms. The molecule has 132 valence electrons. The molecular formula is C19H25Cl2NO2. The quantitative estimate of drug-likeness (QED) is 0.839. The van der Waals surface area contributed by atoms with Crippen LogP contribution in [-0.2, 0) is 4.79 Å². The van der Waals surface area contributed by atoms with Crippen LogP contribution in [0.15, 0.2) is 18.2 Å². The second-order valence-corrected chi connectivity index (χ2v) is 8.13. The van der Waals surface area contributed by atoms with Crippen LogP contribution < -0.4 is 0 Å². The highest BCUT2D eigenvalue weighted by atomic mass is 35.5. The van der Waals surface area contributed by atoms with E-state index in [1.165, 1.54) is 0 Å². The summed E-state index contributed by atoms with van der Waals surface area (Å²) in [4.78, 5) is 14.1. The normalized spacial score (nSPS) is 29.1. The molecule has 1 aliphatic carbocycles. The van der Waals surface area contributed by atoms with Crippen LogP contribution in [0.25, 0.3) is 0 Å². The highest BCUT2D eigenvalue weighted by Gasteiger charge is 2.36. The van der Waals surface area contributed by atoms with Crippen molar-refractivity contribution < 1.29 is 9.90 Å². The van der Waals surface area contributed by atoms with Crippen molar-refractivity contribution >= 4 is 29.1 Å². The fourth-order valence-electron chi connectivity index (χ4n) is 4.30. The zero-order chi connectivity index (χ0) is 17.3. The van der Waals surface area contributed by atoms with Gasteiger partial charge in [-0.3, -0.25) is 4.79 Å². The second kappa shape index (κ2) is 7.63. The maximum absolute atomic E-state index is 12.0. The minimum Gasteiger partial charge on any atom is -0.393 e. The summed E-state index contributed by atoms with van der Waals surface area (Å²) in [5.74, 6) is 0.741. The lowest BCUT2D eigenvalue weighted by molar-refractivity contribution is -0.131. The lowest BCUT2D eigenvalue weighted by atomic mass is 9.77. The second-order valence-electron chi connectivity index (χ2n) is 7.29. The van der Waals surface area contributed by atoms with Gasteiger partial charge < -0.3 is 10.0 Å². The van der Waals surface area contributed by atoms with Crippen LogP contribution in [0.5, 0.6) is 0 Å². The van der Waals surface area contributed by atoms with E-state index in [2.05, 4.69) is 6.92 Å². The first-order valence-corrected chi connectivity index (χ1v) is 9.63. The summed E-state index contributed by atoms with van der Waals surface area (Å²) in [6.07, 6.45) is 4.83. The number of nitrogens with zero attached hydrogens (tertiary/aromatic N) is 1. The zero-order valence-electron chi connectivity index (χ0n) is 14.0. The first-order chi connectivity index (χ1) is 11.5. The molecule has 1 aromatic rings. The predicted molar refractivity (Wildman–Crippen MR) is 97.6 cm³/mol. The Balaban J connectivity index is 1.67. The van der Waals surface area contributed by atoms with Crippen molar-refractivity contribution in [3.8, 4) is 0 Å². The molecule has 0 radical (unpaired) electrons. The molecule has 4 unspecified atom stereocenters. The third kappa shape index (κ3) is 3.89. The Kier molecular flexibility index (Phi) is 5.74. The number of hydrogen-bond donors (Lipinski definition) is 1. The van der Waals surface area contributed by atoms with Crippen molar-refractivity contribution in [1.82, 2.24) is 4.90 Å². The molecule has 3 rings (SSSR count). The molecule has 24 heavy (non-hydrogen) atoms. The van der Waals surface area contributed by atoms with Crippen molar-refractivity contribution in [1.29, 1.82) is 0 Å². The van der Waals surface area contributed by atoms with Gasteiger partial charge in [-0.15, -0.1) is 0 Å². The van der Waals surface area contributed by atoms with Crippen LogP contribution in [0.3, 0.4) is 0 Å². The number of carbonyl (C=O) groups excluding carboxylic acids is 1. The Bertz CT molecular complexity index is 607. The number of amides is 1. The minimum absolute atomic E-state index is 0.207. The van der Waals surface area contributed by atoms with Crippen molar-refractivity contribution in [2.45, 2.75) is 63.5 Å². The fourth-order valence-corrected chi connectivity index (χ4v) is 4.89. The van der Waals surface area contributed by atoms with Crippen LogP contribution >= 0.6 is 23.2 Å². The van der Waals surface area contributed by atoms with Gasteiger partial charge >= 0.3 is 0 Å². The molecular weight excluding hydrogens is 345 g/mol. The first kappa shape index (κ1) is 18.0. The number of halogens is 2. The average Bonchev–Trinajstić information content (AvgIpc) is 2.95. The van der Waals surface area contributed by atoms with E-state index >= 15 is 0 Å². The smallest absolute Gasteiger partial charge is 0.222 e. The summed E-state index contributed by atoms with van der Waals surface area (Å²) in [6.45, 7) is 3.03. The Hall–Kier alpha value is -0.770. The lowest BCUT2D eigenvalue weighted by Crippen LogP contribution is -2.43.